The lowest BCUT2D eigenvalue weighted by Gasteiger charge is -2.47. The molecule has 1 atom stereocenters. The summed E-state index contributed by atoms with van der Waals surface area (Å²) in [6.45, 7) is 2.29. The Morgan fingerprint density at radius 1 is 0.929 bits per heavy atom. The largest absolute Gasteiger partial charge is 0.495 e. The summed E-state index contributed by atoms with van der Waals surface area (Å²) in [5.74, 6) is 0.915. The first-order chi connectivity index (χ1) is 13.7. The second kappa shape index (κ2) is 9.97. The molecule has 1 aliphatic carbocycles. The third-order valence-electron chi connectivity index (χ3n) is 6.33. The SMILES string of the molecule is CC[C@](NC1CCCCCCC1)(c1ccccc1)N(C)c1ccccc1OC. The first-order valence-electron chi connectivity index (χ1n) is 10.9. The van der Waals surface area contributed by atoms with Crippen molar-refractivity contribution >= 4 is 5.69 Å². The molecule has 0 radical (unpaired) electrons. The van der Waals surface area contributed by atoms with Gasteiger partial charge in [-0.1, -0.05) is 81.5 Å². The van der Waals surface area contributed by atoms with E-state index in [2.05, 4.69) is 66.7 Å². The minimum Gasteiger partial charge on any atom is -0.495 e. The summed E-state index contributed by atoms with van der Waals surface area (Å²) in [7, 11) is 3.95. The van der Waals surface area contributed by atoms with Crippen LogP contribution in [0.3, 0.4) is 0 Å². The highest BCUT2D eigenvalue weighted by Crippen LogP contribution is 2.38. The highest BCUT2D eigenvalue weighted by atomic mass is 16.5. The maximum absolute atomic E-state index is 5.70. The van der Waals surface area contributed by atoms with Crippen LogP contribution in [0.4, 0.5) is 5.69 Å². The fourth-order valence-corrected chi connectivity index (χ4v) is 4.68. The first kappa shape index (κ1) is 20.7. The molecular weight excluding hydrogens is 344 g/mol. The smallest absolute Gasteiger partial charge is 0.142 e. The molecular formula is C25H36N2O. The van der Waals surface area contributed by atoms with Gasteiger partial charge < -0.3 is 9.64 Å². The predicted octanol–water partition coefficient (Wildman–Crippen LogP) is 6.10. The average Bonchev–Trinajstić information content (AvgIpc) is 2.73. The van der Waals surface area contributed by atoms with Crippen molar-refractivity contribution in [3.05, 3.63) is 60.2 Å². The quantitative estimate of drug-likeness (QED) is 0.588. The van der Waals surface area contributed by atoms with Gasteiger partial charge in [-0.25, -0.2) is 0 Å². The van der Waals surface area contributed by atoms with Crippen LogP contribution in [0.2, 0.25) is 0 Å². The van der Waals surface area contributed by atoms with Gasteiger partial charge in [0.25, 0.3) is 0 Å². The van der Waals surface area contributed by atoms with Crippen molar-refractivity contribution in [2.75, 3.05) is 19.1 Å². The van der Waals surface area contributed by atoms with Crippen LogP contribution >= 0.6 is 0 Å². The van der Waals surface area contributed by atoms with E-state index in [1.807, 2.05) is 12.1 Å². The number of nitrogens with zero attached hydrogens (tertiary/aromatic N) is 1. The molecule has 2 aromatic carbocycles. The number of para-hydroxylation sites is 2. The molecule has 0 unspecified atom stereocenters. The Bertz CT molecular complexity index is 709. The van der Waals surface area contributed by atoms with Gasteiger partial charge in [-0.2, -0.15) is 0 Å². The third kappa shape index (κ3) is 4.52. The Labute approximate surface area is 171 Å². The molecule has 0 saturated heterocycles. The Balaban J connectivity index is 2.00. The summed E-state index contributed by atoms with van der Waals surface area (Å²) in [5, 5.41) is 4.12. The lowest BCUT2D eigenvalue weighted by atomic mass is 9.89. The van der Waals surface area contributed by atoms with E-state index in [0.29, 0.717) is 6.04 Å². The fourth-order valence-electron chi connectivity index (χ4n) is 4.68. The van der Waals surface area contributed by atoms with Crippen LogP contribution in [0.15, 0.2) is 54.6 Å². The van der Waals surface area contributed by atoms with Gasteiger partial charge in [0.1, 0.15) is 11.4 Å². The second-order valence-electron chi connectivity index (χ2n) is 8.00. The van der Waals surface area contributed by atoms with E-state index in [0.717, 1.165) is 17.9 Å². The summed E-state index contributed by atoms with van der Waals surface area (Å²) in [4.78, 5) is 2.39. The lowest BCUT2D eigenvalue weighted by Crippen LogP contribution is -2.58. The van der Waals surface area contributed by atoms with Crippen LogP contribution in [0, 0.1) is 0 Å². The molecule has 1 fully saturated rings. The van der Waals surface area contributed by atoms with E-state index < -0.39 is 0 Å². The van der Waals surface area contributed by atoms with Gasteiger partial charge in [0.15, 0.2) is 0 Å². The number of rotatable bonds is 7. The van der Waals surface area contributed by atoms with E-state index >= 15 is 0 Å². The number of ether oxygens (including phenoxy) is 1. The number of nitrogens with one attached hydrogen (secondary N) is 1. The van der Waals surface area contributed by atoms with Crippen molar-refractivity contribution in [1.29, 1.82) is 0 Å². The molecule has 0 bridgehead atoms. The van der Waals surface area contributed by atoms with Gasteiger partial charge in [0.05, 0.1) is 12.8 Å². The van der Waals surface area contributed by atoms with E-state index in [9.17, 15) is 0 Å². The summed E-state index contributed by atoms with van der Waals surface area (Å²) in [6, 6.07) is 19.8. The van der Waals surface area contributed by atoms with Crippen LogP contribution in [0.25, 0.3) is 0 Å². The Hall–Kier alpha value is -2.00. The zero-order valence-electron chi connectivity index (χ0n) is 17.8. The maximum Gasteiger partial charge on any atom is 0.142 e. The number of methoxy groups -OCH3 is 1. The van der Waals surface area contributed by atoms with Crippen molar-refractivity contribution in [2.24, 2.45) is 0 Å². The number of benzene rings is 2. The first-order valence-corrected chi connectivity index (χ1v) is 10.9. The second-order valence-corrected chi connectivity index (χ2v) is 8.00. The third-order valence-corrected chi connectivity index (χ3v) is 6.33. The maximum atomic E-state index is 5.70. The van der Waals surface area contributed by atoms with Crippen LogP contribution < -0.4 is 15.0 Å². The zero-order chi connectivity index (χ0) is 19.8. The van der Waals surface area contributed by atoms with E-state index in [1.54, 1.807) is 7.11 Å². The van der Waals surface area contributed by atoms with E-state index in [1.165, 1.54) is 50.5 Å². The van der Waals surface area contributed by atoms with Gasteiger partial charge in [-0.05, 0) is 37.0 Å². The lowest BCUT2D eigenvalue weighted by molar-refractivity contribution is 0.244. The van der Waals surface area contributed by atoms with Crippen molar-refractivity contribution in [1.82, 2.24) is 5.32 Å². The Kier molecular flexibility index (Phi) is 7.38. The molecule has 0 spiro atoms. The van der Waals surface area contributed by atoms with Gasteiger partial charge in [-0.3, -0.25) is 5.32 Å². The zero-order valence-corrected chi connectivity index (χ0v) is 17.8. The summed E-state index contributed by atoms with van der Waals surface area (Å²) in [6.07, 6.45) is 10.3. The molecule has 0 aliphatic heterocycles. The molecule has 152 valence electrons. The molecule has 3 rings (SSSR count). The molecule has 1 aliphatic rings. The van der Waals surface area contributed by atoms with Crippen molar-refractivity contribution in [2.45, 2.75) is 70.0 Å². The molecule has 3 heteroatoms. The minimum atomic E-state index is -0.264. The van der Waals surface area contributed by atoms with Crippen molar-refractivity contribution in [3.63, 3.8) is 0 Å². The molecule has 0 heterocycles. The van der Waals surface area contributed by atoms with Gasteiger partial charge in [0, 0.05) is 13.1 Å². The fraction of sp³-hybridized carbons (Fsp3) is 0.520. The van der Waals surface area contributed by atoms with E-state index in [4.69, 9.17) is 4.74 Å². The number of anilines is 1. The Morgan fingerprint density at radius 2 is 1.54 bits per heavy atom. The highest BCUT2D eigenvalue weighted by Gasteiger charge is 2.37. The molecule has 2 aromatic rings. The molecule has 1 saturated carbocycles. The highest BCUT2D eigenvalue weighted by molar-refractivity contribution is 5.60. The normalized spacial score (nSPS) is 18.0. The topological polar surface area (TPSA) is 24.5 Å². The predicted molar refractivity (Wildman–Crippen MR) is 119 cm³/mol. The number of hydrogen-bond acceptors (Lipinski definition) is 3. The van der Waals surface area contributed by atoms with Crippen LogP contribution in [0.5, 0.6) is 5.75 Å². The number of hydrogen-bond donors (Lipinski definition) is 1. The summed E-state index contributed by atoms with van der Waals surface area (Å²) >= 11 is 0. The van der Waals surface area contributed by atoms with Crippen LogP contribution in [0.1, 0.15) is 63.9 Å². The summed E-state index contributed by atoms with van der Waals surface area (Å²) < 4.78 is 5.70. The monoisotopic (exact) mass is 380 g/mol. The molecule has 1 N–H and O–H groups in total. The molecule has 28 heavy (non-hydrogen) atoms. The van der Waals surface area contributed by atoms with Crippen LogP contribution in [-0.4, -0.2) is 20.2 Å². The van der Waals surface area contributed by atoms with Crippen molar-refractivity contribution in [3.8, 4) is 5.75 Å². The summed E-state index contributed by atoms with van der Waals surface area (Å²) in [5.41, 5.74) is 2.17. The van der Waals surface area contributed by atoms with Gasteiger partial charge in [0.2, 0.25) is 0 Å². The van der Waals surface area contributed by atoms with Gasteiger partial charge >= 0.3 is 0 Å². The Morgan fingerprint density at radius 3 is 2.18 bits per heavy atom. The van der Waals surface area contributed by atoms with Crippen molar-refractivity contribution < 1.29 is 4.74 Å². The molecule has 0 amide bonds. The van der Waals surface area contributed by atoms with Crippen LogP contribution in [-0.2, 0) is 5.66 Å². The molecule has 0 aromatic heterocycles. The standard InChI is InChI=1S/C25H36N2O/c1-4-25(21-15-9-8-10-16-21,26-22-17-11-6-5-7-12-18-22)27(2)23-19-13-14-20-24(23)28-3/h8-10,13-16,19-20,22,26H,4-7,11-12,17-18H2,1-3H3/t25-/m1/s1. The average molecular weight is 381 g/mol. The van der Waals surface area contributed by atoms with E-state index in [-0.39, 0.29) is 5.66 Å². The molecule has 3 nitrogen and oxygen atoms in total. The van der Waals surface area contributed by atoms with Gasteiger partial charge in [-0.15, -0.1) is 0 Å². The minimum absolute atomic E-state index is 0.264.